The zero-order chi connectivity index (χ0) is 16.1. The van der Waals surface area contributed by atoms with Crippen LogP contribution in [0, 0.1) is 0 Å². The molecule has 0 bridgehead atoms. The highest BCUT2D eigenvalue weighted by Crippen LogP contribution is 2.14. The van der Waals surface area contributed by atoms with Crippen molar-refractivity contribution < 1.29 is 9.53 Å². The van der Waals surface area contributed by atoms with E-state index in [0.29, 0.717) is 12.3 Å². The van der Waals surface area contributed by atoms with Crippen molar-refractivity contribution in [3.63, 3.8) is 0 Å². The van der Waals surface area contributed by atoms with Crippen LogP contribution in [0.2, 0.25) is 0 Å². The van der Waals surface area contributed by atoms with Gasteiger partial charge in [-0.3, -0.25) is 4.79 Å². The molecule has 122 valence electrons. The van der Waals surface area contributed by atoms with Gasteiger partial charge in [0.05, 0.1) is 6.54 Å². The molecule has 1 aliphatic heterocycles. The van der Waals surface area contributed by atoms with Gasteiger partial charge in [-0.05, 0) is 31.9 Å². The Hall–Kier alpha value is -2.37. The van der Waals surface area contributed by atoms with Crippen molar-refractivity contribution >= 4 is 5.91 Å². The van der Waals surface area contributed by atoms with Crippen molar-refractivity contribution in [1.29, 1.82) is 0 Å². The first kappa shape index (κ1) is 15.5. The number of aromatic nitrogens is 3. The van der Waals surface area contributed by atoms with Crippen LogP contribution in [-0.2, 0) is 24.3 Å². The van der Waals surface area contributed by atoms with E-state index in [9.17, 15) is 4.79 Å². The van der Waals surface area contributed by atoms with Gasteiger partial charge in [-0.25, -0.2) is 0 Å². The molecule has 0 saturated carbocycles. The van der Waals surface area contributed by atoms with Gasteiger partial charge in [-0.1, -0.05) is 24.6 Å². The van der Waals surface area contributed by atoms with Gasteiger partial charge in [-0.15, -0.1) is 10.2 Å². The number of ether oxygens (including phenoxy) is 1. The highest BCUT2D eigenvalue weighted by molar-refractivity contribution is 5.80. The van der Waals surface area contributed by atoms with Crippen LogP contribution in [0.1, 0.15) is 37.8 Å². The molecule has 1 aliphatic rings. The molecule has 1 amide bonds. The second-order valence-corrected chi connectivity index (χ2v) is 5.79. The smallest absolute Gasteiger partial charge is 0.261 e. The molecule has 0 fully saturated rings. The summed E-state index contributed by atoms with van der Waals surface area (Å²) in [7, 11) is 0. The maximum Gasteiger partial charge on any atom is 0.261 e. The molecule has 1 aromatic heterocycles. The van der Waals surface area contributed by atoms with E-state index >= 15 is 0 Å². The van der Waals surface area contributed by atoms with Crippen molar-refractivity contribution in [3.05, 3.63) is 42.0 Å². The summed E-state index contributed by atoms with van der Waals surface area (Å²) < 4.78 is 7.76. The van der Waals surface area contributed by atoms with Crippen molar-refractivity contribution in [3.8, 4) is 5.75 Å². The maximum atomic E-state index is 12.2. The third kappa shape index (κ3) is 3.88. The number of nitrogens with one attached hydrogen (secondary N) is 1. The van der Waals surface area contributed by atoms with Crippen LogP contribution < -0.4 is 10.1 Å². The number of hydrogen-bond donors (Lipinski definition) is 1. The predicted molar refractivity (Wildman–Crippen MR) is 86.0 cm³/mol. The molecule has 1 atom stereocenters. The minimum absolute atomic E-state index is 0.153. The Labute approximate surface area is 135 Å². The number of carbonyl (C=O) groups excluding carboxylic acids is 1. The quantitative estimate of drug-likeness (QED) is 0.917. The number of nitrogens with zero attached hydrogens (tertiary/aromatic N) is 3. The van der Waals surface area contributed by atoms with Gasteiger partial charge >= 0.3 is 0 Å². The zero-order valence-corrected chi connectivity index (χ0v) is 13.4. The second-order valence-electron chi connectivity index (χ2n) is 5.79. The summed E-state index contributed by atoms with van der Waals surface area (Å²) >= 11 is 0. The molecule has 1 unspecified atom stereocenters. The molecule has 0 radical (unpaired) electrons. The Bertz CT molecular complexity index is 654. The van der Waals surface area contributed by atoms with Gasteiger partial charge in [0.15, 0.2) is 11.9 Å². The molecule has 1 N–H and O–H groups in total. The number of benzene rings is 1. The molecule has 0 aliphatic carbocycles. The first-order valence-electron chi connectivity index (χ1n) is 8.14. The number of rotatable bonds is 5. The largest absolute Gasteiger partial charge is 0.481 e. The van der Waals surface area contributed by atoms with Crippen LogP contribution in [0.25, 0.3) is 0 Å². The van der Waals surface area contributed by atoms with Crippen LogP contribution >= 0.6 is 0 Å². The van der Waals surface area contributed by atoms with E-state index in [1.165, 1.54) is 6.42 Å². The summed E-state index contributed by atoms with van der Waals surface area (Å²) in [5, 5.41) is 11.3. The molecule has 0 saturated heterocycles. The Kier molecular flexibility index (Phi) is 4.90. The highest BCUT2D eigenvalue weighted by atomic mass is 16.5. The fourth-order valence-corrected chi connectivity index (χ4v) is 2.74. The van der Waals surface area contributed by atoms with Crippen LogP contribution in [0.15, 0.2) is 30.3 Å². The van der Waals surface area contributed by atoms with Gasteiger partial charge in [0.2, 0.25) is 0 Å². The lowest BCUT2D eigenvalue weighted by Gasteiger charge is -2.14. The number of fused-ring (bicyclic) bond motifs is 1. The highest BCUT2D eigenvalue weighted by Gasteiger charge is 2.18. The minimum Gasteiger partial charge on any atom is -0.481 e. The van der Waals surface area contributed by atoms with E-state index in [4.69, 9.17) is 4.74 Å². The van der Waals surface area contributed by atoms with E-state index in [-0.39, 0.29) is 5.91 Å². The molecule has 2 aromatic rings. The predicted octanol–water partition coefficient (Wildman–Crippen LogP) is 2.09. The molecule has 1 aromatic carbocycles. The van der Waals surface area contributed by atoms with Crippen LogP contribution in [-0.4, -0.2) is 26.8 Å². The second kappa shape index (κ2) is 7.26. The lowest BCUT2D eigenvalue weighted by atomic mass is 10.2. The number of carbonyl (C=O) groups is 1. The van der Waals surface area contributed by atoms with Crippen molar-refractivity contribution in [2.24, 2.45) is 0 Å². The third-order valence-electron chi connectivity index (χ3n) is 4.03. The number of para-hydroxylation sites is 1. The number of hydrogen-bond acceptors (Lipinski definition) is 4. The maximum absolute atomic E-state index is 12.2. The monoisotopic (exact) mass is 314 g/mol. The Morgan fingerprint density at radius 2 is 2.09 bits per heavy atom. The Balaban J connectivity index is 1.56. The molecule has 3 rings (SSSR count). The minimum atomic E-state index is -0.552. The van der Waals surface area contributed by atoms with E-state index in [1.807, 2.05) is 30.3 Å². The van der Waals surface area contributed by atoms with E-state index in [0.717, 1.165) is 37.5 Å². The topological polar surface area (TPSA) is 69.0 Å². The Morgan fingerprint density at radius 3 is 2.91 bits per heavy atom. The molecule has 6 heteroatoms. The summed E-state index contributed by atoms with van der Waals surface area (Å²) in [5.41, 5.74) is 0. The third-order valence-corrected chi connectivity index (χ3v) is 4.03. The summed E-state index contributed by atoms with van der Waals surface area (Å²) in [6, 6.07) is 9.34. The normalized spacial score (nSPS) is 15.3. The van der Waals surface area contributed by atoms with Gasteiger partial charge in [0.1, 0.15) is 11.6 Å². The Morgan fingerprint density at radius 1 is 1.26 bits per heavy atom. The summed E-state index contributed by atoms with van der Waals surface area (Å²) in [6.45, 7) is 3.06. The number of amides is 1. The molecule has 23 heavy (non-hydrogen) atoms. The average Bonchev–Trinajstić information content (AvgIpc) is 2.80. The molecular weight excluding hydrogens is 292 g/mol. The first-order valence-corrected chi connectivity index (χ1v) is 8.14. The van der Waals surface area contributed by atoms with E-state index in [2.05, 4.69) is 20.1 Å². The molecule has 2 heterocycles. The van der Waals surface area contributed by atoms with Crippen LogP contribution in [0.5, 0.6) is 5.75 Å². The van der Waals surface area contributed by atoms with Crippen molar-refractivity contribution in [2.75, 3.05) is 0 Å². The fraction of sp³-hybridized carbons (Fsp3) is 0.471. The van der Waals surface area contributed by atoms with E-state index < -0.39 is 6.10 Å². The zero-order valence-electron chi connectivity index (χ0n) is 13.4. The standard InChI is InChI=1S/C17H22N4O2/c1-13(23-14-8-4-2-5-9-14)17(22)18-12-16-20-19-15-10-6-3-7-11-21(15)16/h2,4-5,8-9,13H,3,6-7,10-12H2,1H3,(H,18,22). The molecular formula is C17H22N4O2. The van der Waals surface area contributed by atoms with E-state index in [1.54, 1.807) is 6.92 Å². The molecule has 0 spiro atoms. The van der Waals surface area contributed by atoms with Crippen molar-refractivity contribution in [1.82, 2.24) is 20.1 Å². The lowest BCUT2D eigenvalue weighted by Crippen LogP contribution is -2.36. The SMILES string of the molecule is CC(Oc1ccccc1)C(=O)NCc1nnc2n1CCCCC2. The molecule has 6 nitrogen and oxygen atoms in total. The van der Waals surface area contributed by atoms with Crippen LogP contribution in [0.3, 0.4) is 0 Å². The average molecular weight is 314 g/mol. The summed E-state index contributed by atoms with van der Waals surface area (Å²) in [6.07, 6.45) is 3.93. The first-order chi connectivity index (χ1) is 11.2. The summed E-state index contributed by atoms with van der Waals surface area (Å²) in [4.78, 5) is 12.2. The lowest BCUT2D eigenvalue weighted by molar-refractivity contribution is -0.127. The van der Waals surface area contributed by atoms with Gasteiger partial charge in [0, 0.05) is 13.0 Å². The fourth-order valence-electron chi connectivity index (χ4n) is 2.74. The van der Waals surface area contributed by atoms with Gasteiger partial charge in [-0.2, -0.15) is 0 Å². The van der Waals surface area contributed by atoms with Gasteiger partial charge in [0.25, 0.3) is 5.91 Å². The van der Waals surface area contributed by atoms with Gasteiger partial charge < -0.3 is 14.6 Å². The van der Waals surface area contributed by atoms with Crippen molar-refractivity contribution in [2.45, 2.75) is 51.8 Å². The number of aryl methyl sites for hydroxylation is 1. The summed E-state index contributed by atoms with van der Waals surface area (Å²) in [5.74, 6) is 2.38. The van der Waals surface area contributed by atoms with Crippen LogP contribution in [0.4, 0.5) is 0 Å².